The van der Waals surface area contributed by atoms with E-state index in [9.17, 15) is 4.79 Å². The van der Waals surface area contributed by atoms with Gasteiger partial charge in [0.1, 0.15) is 0 Å². The Labute approximate surface area is 76.7 Å². The maximum Gasteiger partial charge on any atom is 0.220 e. The zero-order valence-corrected chi connectivity index (χ0v) is 7.66. The standard InChI is InChI=1S/C9H13N3O/c1-12-8-4-6(9(10)13)2-3-7(8)5-11-12/h5-6H,2-4H2,1H3,(H2,10,13). The third-order valence-corrected chi connectivity index (χ3v) is 2.75. The van der Waals surface area contributed by atoms with Gasteiger partial charge in [-0.3, -0.25) is 9.48 Å². The third-order valence-electron chi connectivity index (χ3n) is 2.75. The summed E-state index contributed by atoms with van der Waals surface area (Å²) in [7, 11) is 1.90. The lowest BCUT2D eigenvalue weighted by atomic mass is 9.87. The summed E-state index contributed by atoms with van der Waals surface area (Å²) in [6.45, 7) is 0. The highest BCUT2D eigenvalue weighted by Crippen LogP contribution is 2.24. The second-order valence-electron chi connectivity index (χ2n) is 3.58. The van der Waals surface area contributed by atoms with Crippen LogP contribution in [0.1, 0.15) is 17.7 Å². The number of hydrogen-bond donors (Lipinski definition) is 1. The Morgan fingerprint density at radius 1 is 1.77 bits per heavy atom. The zero-order chi connectivity index (χ0) is 9.42. The minimum absolute atomic E-state index is 0.00269. The Bertz CT molecular complexity index is 343. The summed E-state index contributed by atoms with van der Waals surface area (Å²) in [4.78, 5) is 11.0. The minimum Gasteiger partial charge on any atom is -0.369 e. The van der Waals surface area contributed by atoms with Crippen LogP contribution in [0.3, 0.4) is 0 Å². The summed E-state index contributed by atoms with van der Waals surface area (Å²) in [5.41, 5.74) is 7.70. The highest BCUT2D eigenvalue weighted by molar-refractivity contribution is 5.77. The number of hydrogen-bond acceptors (Lipinski definition) is 2. The number of amides is 1. The SMILES string of the molecule is Cn1ncc2c1CC(C(N)=O)CC2. The van der Waals surface area contributed by atoms with Crippen LogP contribution < -0.4 is 5.73 Å². The number of carbonyl (C=O) groups is 1. The molecular formula is C9H13N3O. The van der Waals surface area contributed by atoms with Crippen molar-refractivity contribution in [1.82, 2.24) is 9.78 Å². The van der Waals surface area contributed by atoms with E-state index in [0.717, 1.165) is 25.0 Å². The highest BCUT2D eigenvalue weighted by atomic mass is 16.1. The first-order chi connectivity index (χ1) is 6.18. The smallest absolute Gasteiger partial charge is 0.220 e. The van der Waals surface area contributed by atoms with Gasteiger partial charge in [0.2, 0.25) is 5.91 Å². The van der Waals surface area contributed by atoms with Crippen molar-refractivity contribution < 1.29 is 4.79 Å². The molecule has 2 rings (SSSR count). The number of fused-ring (bicyclic) bond motifs is 1. The summed E-state index contributed by atoms with van der Waals surface area (Å²) in [5.74, 6) is -0.185. The van der Waals surface area contributed by atoms with Crippen LogP contribution in [-0.2, 0) is 24.7 Å². The summed E-state index contributed by atoms with van der Waals surface area (Å²) >= 11 is 0. The van der Waals surface area contributed by atoms with Crippen LogP contribution in [0.5, 0.6) is 0 Å². The first-order valence-corrected chi connectivity index (χ1v) is 4.47. The largest absolute Gasteiger partial charge is 0.369 e. The maximum atomic E-state index is 11.0. The lowest BCUT2D eigenvalue weighted by molar-refractivity contribution is -0.122. The van der Waals surface area contributed by atoms with Crippen LogP contribution in [0.2, 0.25) is 0 Å². The third kappa shape index (κ3) is 1.32. The molecule has 1 heterocycles. The van der Waals surface area contributed by atoms with Gasteiger partial charge >= 0.3 is 0 Å². The first-order valence-electron chi connectivity index (χ1n) is 4.47. The number of nitrogens with two attached hydrogens (primary N) is 1. The summed E-state index contributed by atoms with van der Waals surface area (Å²) in [6, 6.07) is 0. The maximum absolute atomic E-state index is 11.0. The number of aryl methyl sites for hydroxylation is 2. The second kappa shape index (κ2) is 2.87. The molecule has 1 aromatic heterocycles. The van der Waals surface area contributed by atoms with Crippen LogP contribution in [0.15, 0.2) is 6.20 Å². The Kier molecular flexibility index (Phi) is 1.83. The monoisotopic (exact) mass is 179 g/mol. The average molecular weight is 179 g/mol. The minimum atomic E-state index is -0.188. The summed E-state index contributed by atoms with van der Waals surface area (Å²) in [5, 5.41) is 4.16. The van der Waals surface area contributed by atoms with E-state index < -0.39 is 0 Å². The van der Waals surface area contributed by atoms with E-state index in [2.05, 4.69) is 5.10 Å². The van der Waals surface area contributed by atoms with Crippen LogP contribution in [0.4, 0.5) is 0 Å². The van der Waals surface area contributed by atoms with Crippen LogP contribution >= 0.6 is 0 Å². The van der Waals surface area contributed by atoms with Gasteiger partial charge in [0, 0.05) is 25.1 Å². The Morgan fingerprint density at radius 3 is 3.23 bits per heavy atom. The molecule has 70 valence electrons. The van der Waals surface area contributed by atoms with Crippen molar-refractivity contribution in [3.63, 3.8) is 0 Å². The van der Waals surface area contributed by atoms with Gasteiger partial charge in [0.05, 0.1) is 6.20 Å². The number of rotatable bonds is 1. The average Bonchev–Trinajstić information content (AvgIpc) is 2.47. The molecule has 1 aliphatic carbocycles. The van der Waals surface area contributed by atoms with Gasteiger partial charge < -0.3 is 5.73 Å². The zero-order valence-electron chi connectivity index (χ0n) is 7.66. The van der Waals surface area contributed by atoms with Crippen molar-refractivity contribution in [3.05, 3.63) is 17.5 Å². The van der Waals surface area contributed by atoms with E-state index in [1.807, 2.05) is 17.9 Å². The topological polar surface area (TPSA) is 60.9 Å². The molecule has 0 saturated heterocycles. The van der Waals surface area contributed by atoms with E-state index in [1.54, 1.807) is 0 Å². The van der Waals surface area contributed by atoms with Gasteiger partial charge in [0.15, 0.2) is 0 Å². The molecule has 1 aliphatic rings. The molecule has 2 N–H and O–H groups in total. The summed E-state index contributed by atoms with van der Waals surface area (Å²) < 4.78 is 1.84. The number of primary amides is 1. The number of carbonyl (C=O) groups excluding carboxylic acids is 1. The van der Waals surface area contributed by atoms with Crippen LogP contribution in [0, 0.1) is 5.92 Å². The van der Waals surface area contributed by atoms with Gasteiger partial charge in [-0.2, -0.15) is 5.10 Å². The normalized spacial score (nSPS) is 21.2. The van der Waals surface area contributed by atoms with Crippen molar-refractivity contribution in [2.45, 2.75) is 19.3 Å². The second-order valence-corrected chi connectivity index (χ2v) is 3.58. The molecular weight excluding hydrogens is 166 g/mol. The van der Waals surface area contributed by atoms with Gasteiger partial charge in [-0.15, -0.1) is 0 Å². The molecule has 1 amide bonds. The summed E-state index contributed by atoms with van der Waals surface area (Å²) in [6.07, 6.45) is 4.43. The molecule has 1 atom stereocenters. The van der Waals surface area contributed by atoms with E-state index in [0.29, 0.717) is 0 Å². The molecule has 4 heteroatoms. The van der Waals surface area contributed by atoms with Gasteiger partial charge in [-0.05, 0) is 18.4 Å². The fourth-order valence-electron chi connectivity index (χ4n) is 1.89. The fourth-order valence-corrected chi connectivity index (χ4v) is 1.89. The first kappa shape index (κ1) is 8.29. The molecule has 1 unspecified atom stereocenters. The van der Waals surface area contributed by atoms with Gasteiger partial charge in [-0.1, -0.05) is 0 Å². The number of aromatic nitrogens is 2. The fraction of sp³-hybridized carbons (Fsp3) is 0.556. The van der Waals surface area contributed by atoms with E-state index >= 15 is 0 Å². The quantitative estimate of drug-likeness (QED) is 0.660. The van der Waals surface area contributed by atoms with Gasteiger partial charge in [0.25, 0.3) is 0 Å². The molecule has 0 fully saturated rings. The molecule has 0 aliphatic heterocycles. The Balaban J connectivity index is 2.27. The number of nitrogens with zero attached hydrogens (tertiary/aromatic N) is 2. The van der Waals surface area contributed by atoms with Crippen molar-refractivity contribution in [2.75, 3.05) is 0 Å². The van der Waals surface area contributed by atoms with Crippen molar-refractivity contribution in [2.24, 2.45) is 18.7 Å². The molecule has 1 aromatic rings. The van der Waals surface area contributed by atoms with Crippen molar-refractivity contribution in [1.29, 1.82) is 0 Å². The molecule has 0 bridgehead atoms. The van der Waals surface area contributed by atoms with E-state index in [1.165, 1.54) is 5.56 Å². The van der Waals surface area contributed by atoms with Crippen LogP contribution in [-0.4, -0.2) is 15.7 Å². The lowest BCUT2D eigenvalue weighted by Crippen LogP contribution is -2.29. The Hall–Kier alpha value is -1.32. The van der Waals surface area contributed by atoms with E-state index in [-0.39, 0.29) is 11.8 Å². The molecule has 4 nitrogen and oxygen atoms in total. The molecule has 0 aromatic carbocycles. The highest BCUT2D eigenvalue weighted by Gasteiger charge is 2.24. The van der Waals surface area contributed by atoms with Crippen LogP contribution in [0.25, 0.3) is 0 Å². The predicted octanol–water partition coefficient (Wildman–Crippen LogP) is 0.0103. The molecule has 0 radical (unpaired) electrons. The molecule has 0 spiro atoms. The predicted molar refractivity (Wildman–Crippen MR) is 47.9 cm³/mol. The molecule has 13 heavy (non-hydrogen) atoms. The van der Waals surface area contributed by atoms with Crippen molar-refractivity contribution >= 4 is 5.91 Å². The molecule has 0 saturated carbocycles. The Morgan fingerprint density at radius 2 is 2.54 bits per heavy atom. The van der Waals surface area contributed by atoms with Crippen molar-refractivity contribution in [3.8, 4) is 0 Å². The van der Waals surface area contributed by atoms with Gasteiger partial charge in [-0.25, -0.2) is 0 Å². The lowest BCUT2D eigenvalue weighted by Gasteiger charge is -2.19. The van der Waals surface area contributed by atoms with E-state index in [4.69, 9.17) is 5.73 Å².